The van der Waals surface area contributed by atoms with E-state index >= 15 is 0 Å². The zero-order valence-corrected chi connectivity index (χ0v) is 12.7. The smallest absolute Gasteiger partial charge is 0.338 e. The normalized spacial score (nSPS) is 9.67. The van der Waals surface area contributed by atoms with E-state index in [-0.39, 0.29) is 5.97 Å². The molecule has 0 aromatic heterocycles. The van der Waals surface area contributed by atoms with Gasteiger partial charge in [-0.05, 0) is 49.3 Å². The second-order valence-corrected chi connectivity index (χ2v) is 4.95. The fourth-order valence-electron chi connectivity index (χ4n) is 2.23. The topological polar surface area (TPSA) is 26.3 Å². The maximum Gasteiger partial charge on any atom is 0.338 e. The molecular formula is C19H22O2. The Kier molecular flexibility index (Phi) is 7.77. The van der Waals surface area contributed by atoms with Crippen molar-refractivity contribution in [2.24, 2.45) is 0 Å². The summed E-state index contributed by atoms with van der Waals surface area (Å²) in [5.41, 5.74) is 2.81. The van der Waals surface area contributed by atoms with Gasteiger partial charge in [0, 0.05) is 12.8 Å². The molecule has 0 aliphatic heterocycles. The van der Waals surface area contributed by atoms with Gasteiger partial charge >= 0.3 is 5.97 Å². The average molecular weight is 282 g/mol. The van der Waals surface area contributed by atoms with Crippen molar-refractivity contribution in [2.45, 2.75) is 44.9 Å². The van der Waals surface area contributed by atoms with Gasteiger partial charge in [0.25, 0.3) is 0 Å². The van der Waals surface area contributed by atoms with Gasteiger partial charge < -0.3 is 4.74 Å². The predicted octanol–water partition coefficient (Wildman–Crippen LogP) is 3.78. The Morgan fingerprint density at radius 1 is 1.10 bits per heavy atom. The molecule has 0 saturated carbocycles. The predicted molar refractivity (Wildman–Crippen MR) is 85.9 cm³/mol. The molecule has 0 N–H and O–H groups in total. The van der Waals surface area contributed by atoms with Crippen LogP contribution in [0.5, 0.6) is 0 Å². The number of terminal acetylenes is 2. The third kappa shape index (κ3) is 5.76. The average Bonchev–Trinajstić information content (AvgIpc) is 2.52. The fraction of sp³-hybridized carbons (Fsp3) is 0.421. The van der Waals surface area contributed by atoms with E-state index in [2.05, 4.69) is 17.9 Å². The molecule has 2 heteroatoms. The molecule has 0 unspecified atom stereocenters. The molecule has 0 fully saturated rings. The monoisotopic (exact) mass is 282 g/mol. The minimum atomic E-state index is -0.277. The number of carbonyl (C=O) groups excluding carboxylic acids is 1. The summed E-state index contributed by atoms with van der Waals surface area (Å²) in [6.07, 6.45) is 16.6. The van der Waals surface area contributed by atoms with E-state index in [0.717, 1.165) is 56.1 Å². The molecular weight excluding hydrogens is 260 g/mol. The summed E-state index contributed by atoms with van der Waals surface area (Å²) in [5.74, 6) is 4.99. The van der Waals surface area contributed by atoms with Crippen LogP contribution in [0.4, 0.5) is 0 Å². The van der Waals surface area contributed by atoms with E-state index in [1.54, 1.807) is 0 Å². The highest BCUT2D eigenvalue weighted by molar-refractivity contribution is 5.91. The van der Waals surface area contributed by atoms with Crippen LogP contribution in [-0.4, -0.2) is 13.1 Å². The first-order valence-electron chi connectivity index (χ1n) is 7.30. The summed E-state index contributed by atoms with van der Waals surface area (Å²) in [6.45, 7) is 0. The van der Waals surface area contributed by atoms with Gasteiger partial charge in [0.05, 0.1) is 12.7 Å². The van der Waals surface area contributed by atoms with Crippen LogP contribution >= 0.6 is 0 Å². The molecule has 110 valence electrons. The minimum Gasteiger partial charge on any atom is -0.465 e. The molecule has 21 heavy (non-hydrogen) atoms. The van der Waals surface area contributed by atoms with Gasteiger partial charge in [-0.15, -0.1) is 24.7 Å². The van der Waals surface area contributed by atoms with E-state index in [9.17, 15) is 4.79 Å². The number of hydrogen-bond acceptors (Lipinski definition) is 2. The van der Waals surface area contributed by atoms with Crippen LogP contribution in [0.25, 0.3) is 0 Å². The standard InChI is InChI=1S/C19H22O2/c1-4-6-8-10-12-17-14-13-16(11-9-7-5-2)15-18(17)19(20)21-3/h1-2,13-15H,6-12H2,3H3. The zero-order chi connectivity index (χ0) is 15.5. The first kappa shape index (κ1) is 16.9. The van der Waals surface area contributed by atoms with Gasteiger partial charge in [0.15, 0.2) is 0 Å². The lowest BCUT2D eigenvalue weighted by Gasteiger charge is -2.10. The van der Waals surface area contributed by atoms with Gasteiger partial charge in [-0.1, -0.05) is 12.1 Å². The van der Waals surface area contributed by atoms with Gasteiger partial charge in [-0.2, -0.15) is 0 Å². The Hall–Kier alpha value is -2.19. The number of aryl methyl sites for hydroxylation is 2. The molecule has 0 saturated heterocycles. The van der Waals surface area contributed by atoms with E-state index in [4.69, 9.17) is 17.6 Å². The van der Waals surface area contributed by atoms with Crippen LogP contribution in [0, 0.1) is 24.7 Å². The van der Waals surface area contributed by atoms with Crippen LogP contribution in [-0.2, 0) is 17.6 Å². The molecule has 0 radical (unpaired) electrons. The van der Waals surface area contributed by atoms with Crippen LogP contribution in [0.2, 0.25) is 0 Å². The van der Waals surface area contributed by atoms with Crippen molar-refractivity contribution in [1.82, 2.24) is 0 Å². The Morgan fingerprint density at radius 2 is 1.81 bits per heavy atom. The van der Waals surface area contributed by atoms with Crippen LogP contribution < -0.4 is 0 Å². The molecule has 1 rings (SSSR count). The van der Waals surface area contributed by atoms with Crippen LogP contribution in [0.15, 0.2) is 18.2 Å². The largest absolute Gasteiger partial charge is 0.465 e. The van der Waals surface area contributed by atoms with E-state index in [1.807, 2.05) is 12.1 Å². The number of esters is 1. The number of unbranched alkanes of at least 4 members (excludes halogenated alkanes) is 3. The Morgan fingerprint density at radius 3 is 2.48 bits per heavy atom. The summed E-state index contributed by atoms with van der Waals surface area (Å²) in [4.78, 5) is 11.9. The van der Waals surface area contributed by atoms with Crippen LogP contribution in [0.1, 0.15) is 53.6 Å². The van der Waals surface area contributed by atoms with Crippen molar-refractivity contribution in [3.63, 3.8) is 0 Å². The minimum absolute atomic E-state index is 0.277. The lowest BCUT2D eigenvalue weighted by atomic mass is 9.97. The summed E-state index contributed by atoms with van der Waals surface area (Å²) in [7, 11) is 1.41. The first-order chi connectivity index (χ1) is 10.2. The number of hydrogen-bond donors (Lipinski definition) is 0. The maximum absolute atomic E-state index is 11.9. The molecule has 0 aliphatic carbocycles. The molecule has 1 aromatic rings. The summed E-state index contributed by atoms with van der Waals surface area (Å²) < 4.78 is 4.88. The van der Waals surface area contributed by atoms with Crippen molar-refractivity contribution in [1.29, 1.82) is 0 Å². The van der Waals surface area contributed by atoms with Gasteiger partial charge in [-0.25, -0.2) is 4.79 Å². The van der Waals surface area contributed by atoms with Crippen molar-refractivity contribution in [2.75, 3.05) is 7.11 Å². The third-order valence-electron chi connectivity index (χ3n) is 3.38. The summed E-state index contributed by atoms with van der Waals surface area (Å²) in [5, 5.41) is 0. The third-order valence-corrected chi connectivity index (χ3v) is 3.38. The van der Waals surface area contributed by atoms with Gasteiger partial charge in [0.1, 0.15) is 0 Å². The Bertz CT molecular complexity index is 544. The van der Waals surface area contributed by atoms with Gasteiger partial charge in [-0.3, -0.25) is 0 Å². The number of methoxy groups -OCH3 is 1. The zero-order valence-electron chi connectivity index (χ0n) is 12.7. The lowest BCUT2D eigenvalue weighted by molar-refractivity contribution is 0.0599. The summed E-state index contributed by atoms with van der Waals surface area (Å²) >= 11 is 0. The van der Waals surface area contributed by atoms with E-state index in [1.165, 1.54) is 7.11 Å². The maximum atomic E-state index is 11.9. The summed E-state index contributed by atoms with van der Waals surface area (Å²) in [6, 6.07) is 6.02. The second-order valence-electron chi connectivity index (χ2n) is 4.95. The van der Waals surface area contributed by atoms with E-state index < -0.39 is 0 Å². The molecule has 0 amide bonds. The van der Waals surface area contributed by atoms with Crippen molar-refractivity contribution in [3.8, 4) is 24.7 Å². The number of rotatable bonds is 8. The molecule has 0 atom stereocenters. The Balaban J connectivity index is 2.79. The molecule has 0 heterocycles. The van der Waals surface area contributed by atoms with E-state index in [0.29, 0.717) is 5.56 Å². The van der Waals surface area contributed by atoms with Crippen LogP contribution in [0.3, 0.4) is 0 Å². The number of carbonyl (C=O) groups is 1. The molecule has 0 spiro atoms. The lowest BCUT2D eigenvalue weighted by Crippen LogP contribution is -2.07. The van der Waals surface area contributed by atoms with Crippen molar-refractivity contribution < 1.29 is 9.53 Å². The SMILES string of the molecule is C#CCCCCc1ccc(CCCC#C)cc1C(=O)OC. The highest BCUT2D eigenvalue weighted by Crippen LogP contribution is 2.18. The highest BCUT2D eigenvalue weighted by atomic mass is 16.5. The molecule has 1 aromatic carbocycles. The number of ether oxygens (including phenoxy) is 1. The molecule has 2 nitrogen and oxygen atoms in total. The first-order valence-corrected chi connectivity index (χ1v) is 7.30. The van der Waals surface area contributed by atoms with Crippen molar-refractivity contribution in [3.05, 3.63) is 34.9 Å². The quantitative estimate of drug-likeness (QED) is 0.412. The van der Waals surface area contributed by atoms with Gasteiger partial charge in [0.2, 0.25) is 0 Å². The highest BCUT2D eigenvalue weighted by Gasteiger charge is 2.12. The number of benzene rings is 1. The van der Waals surface area contributed by atoms with Crippen molar-refractivity contribution >= 4 is 5.97 Å². The second kappa shape index (κ2) is 9.67. The Labute approximate surface area is 127 Å². The molecule has 0 bridgehead atoms. The molecule has 0 aliphatic rings. The fourth-order valence-corrected chi connectivity index (χ4v) is 2.23.